The van der Waals surface area contributed by atoms with Gasteiger partial charge < -0.3 is 20.5 Å². The number of halogens is 3. The summed E-state index contributed by atoms with van der Waals surface area (Å²) in [7, 11) is 1.33. The van der Waals surface area contributed by atoms with E-state index < -0.39 is 6.61 Å². The Kier molecular flexibility index (Phi) is 9.40. The number of alkyl halides is 2. The van der Waals surface area contributed by atoms with Crippen LogP contribution >= 0.6 is 12.4 Å². The molecule has 0 heterocycles. The SMILES string of the molecule is COc1ccc(C(=O)NCCCCN)cc1OC(F)F.Cl. The maximum Gasteiger partial charge on any atom is 0.387 e. The van der Waals surface area contributed by atoms with Crippen molar-refractivity contribution in [2.24, 2.45) is 5.73 Å². The average Bonchev–Trinajstić information content (AvgIpc) is 2.42. The standard InChI is InChI=1S/C13H18F2N2O3.ClH/c1-19-10-5-4-9(8-11(10)20-13(14)15)12(18)17-7-3-2-6-16;/h4-5,8,13H,2-3,6-7,16H2,1H3,(H,17,18);1H. The first kappa shape index (κ1) is 19.4. The largest absolute Gasteiger partial charge is 0.493 e. The van der Waals surface area contributed by atoms with E-state index in [1.807, 2.05) is 0 Å². The molecule has 0 aliphatic rings. The van der Waals surface area contributed by atoms with Crippen LogP contribution in [0.4, 0.5) is 8.78 Å². The fraction of sp³-hybridized carbons (Fsp3) is 0.462. The van der Waals surface area contributed by atoms with Crippen molar-refractivity contribution in [3.8, 4) is 11.5 Å². The third-order valence-corrected chi connectivity index (χ3v) is 2.56. The second-order valence-corrected chi connectivity index (χ2v) is 4.00. The Morgan fingerprint density at radius 1 is 1.33 bits per heavy atom. The number of amides is 1. The maximum absolute atomic E-state index is 12.3. The van der Waals surface area contributed by atoms with Crippen LogP contribution in [0.1, 0.15) is 23.2 Å². The summed E-state index contributed by atoms with van der Waals surface area (Å²) in [4.78, 5) is 11.8. The molecule has 8 heteroatoms. The molecule has 1 rings (SSSR count). The summed E-state index contributed by atoms with van der Waals surface area (Å²) in [6.07, 6.45) is 1.57. The van der Waals surface area contributed by atoms with Crippen LogP contribution in [-0.4, -0.2) is 32.7 Å². The van der Waals surface area contributed by atoms with Gasteiger partial charge in [0.05, 0.1) is 7.11 Å². The molecular formula is C13H19ClF2N2O3. The molecular weight excluding hydrogens is 306 g/mol. The first-order chi connectivity index (χ1) is 9.58. The lowest BCUT2D eigenvalue weighted by Gasteiger charge is -2.11. The van der Waals surface area contributed by atoms with Crippen molar-refractivity contribution in [3.63, 3.8) is 0 Å². The van der Waals surface area contributed by atoms with Crippen molar-refractivity contribution in [1.82, 2.24) is 5.32 Å². The van der Waals surface area contributed by atoms with Crippen LogP contribution in [0.15, 0.2) is 18.2 Å². The second-order valence-electron chi connectivity index (χ2n) is 4.00. The van der Waals surface area contributed by atoms with E-state index in [9.17, 15) is 13.6 Å². The molecule has 0 radical (unpaired) electrons. The Labute approximate surface area is 128 Å². The zero-order valence-electron chi connectivity index (χ0n) is 11.6. The summed E-state index contributed by atoms with van der Waals surface area (Å²) in [5.41, 5.74) is 5.57. The fourth-order valence-electron chi connectivity index (χ4n) is 1.58. The molecule has 21 heavy (non-hydrogen) atoms. The summed E-state index contributed by atoms with van der Waals surface area (Å²) in [5.74, 6) is -0.383. The van der Waals surface area contributed by atoms with Gasteiger partial charge >= 0.3 is 6.61 Å². The van der Waals surface area contributed by atoms with Crippen LogP contribution in [0.3, 0.4) is 0 Å². The molecule has 0 unspecified atom stereocenters. The third kappa shape index (κ3) is 6.59. The molecule has 0 bridgehead atoms. The maximum atomic E-state index is 12.3. The summed E-state index contributed by atoms with van der Waals surface area (Å²) in [6.45, 7) is -1.94. The second kappa shape index (κ2) is 10.2. The van der Waals surface area contributed by atoms with Crippen LogP contribution < -0.4 is 20.5 Å². The van der Waals surface area contributed by atoms with Crippen LogP contribution in [0, 0.1) is 0 Å². The van der Waals surface area contributed by atoms with Gasteiger partial charge in [-0.05, 0) is 37.6 Å². The molecule has 1 amide bonds. The summed E-state index contributed by atoms with van der Waals surface area (Å²) in [5, 5.41) is 2.67. The predicted molar refractivity (Wildman–Crippen MR) is 77.5 cm³/mol. The van der Waals surface area contributed by atoms with E-state index in [-0.39, 0.29) is 35.4 Å². The lowest BCUT2D eigenvalue weighted by Crippen LogP contribution is -2.25. The molecule has 0 aliphatic heterocycles. The Balaban J connectivity index is 0.00000400. The molecule has 0 saturated carbocycles. The minimum atomic E-state index is -2.98. The van der Waals surface area contributed by atoms with Crippen LogP contribution in [0.5, 0.6) is 11.5 Å². The van der Waals surface area contributed by atoms with Crippen molar-refractivity contribution in [1.29, 1.82) is 0 Å². The number of rotatable bonds is 8. The number of nitrogens with two attached hydrogens (primary N) is 1. The van der Waals surface area contributed by atoms with Gasteiger partial charge in [0.2, 0.25) is 0 Å². The van der Waals surface area contributed by atoms with E-state index in [2.05, 4.69) is 10.1 Å². The molecule has 1 aromatic rings. The van der Waals surface area contributed by atoms with Gasteiger partial charge in [-0.1, -0.05) is 0 Å². The molecule has 5 nitrogen and oxygen atoms in total. The van der Waals surface area contributed by atoms with E-state index in [1.165, 1.54) is 25.3 Å². The Morgan fingerprint density at radius 2 is 2.05 bits per heavy atom. The molecule has 0 saturated heterocycles. The number of carbonyl (C=O) groups is 1. The number of hydrogen-bond acceptors (Lipinski definition) is 4. The highest BCUT2D eigenvalue weighted by atomic mass is 35.5. The first-order valence-corrected chi connectivity index (χ1v) is 6.19. The molecule has 120 valence electrons. The smallest absolute Gasteiger partial charge is 0.387 e. The van der Waals surface area contributed by atoms with Gasteiger partial charge in [-0.2, -0.15) is 8.78 Å². The molecule has 0 spiro atoms. The summed E-state index contributed by atoms with van der Waals surface area (Å²) in [6, 6.07) is 4.12. The normalized spacial score (nSPS) is 9.95. The zero-order valence-corrected chi connectivity index (χ0v) is 12.4. The number of hydrogen-bond donors (Lipinski definition) is 2. The molecule has 0 aliphatic carbocycles. The van der Waals surface area contributed by atoms with Crippen molar-refractivity contribution in [2.45, 2.75) is 19.5 Å². The average molecular weight is 325 g/mol. The van der Waals surface area contributed by atoms with Crippen molar-refractivity contribution in [3.05, 3.63) is 23.8 Å². The Hall–Kier alpha value is -1.60. The molecule has 3 N–H and O–H groups in total. The fourth-order valence-corrected chi connectivity index (χ4v) is 1.58. The van der Waals surface area contributed by atoms with E-state index in [1.54, 1.807) is 0 Å². The highest BCUT2D eigenvalue weighted by Gasteiger charge is 2.14. The number of ether oxygens (including phenoxy) is 2. The Bertz CT molecular complexity index is 447. The van der Waals surface area contributed by atoms with Crippen LogP contribution in [0.25, 0.3) is 0 Å². The lowest BCUT2D eigenvalue weighted by molar-refractivity contribution is -0.0512. The van der Waals surface area contributed by atoms with E-state index in [0.29, 0.717) is 13.1 Å². The zero-order chi connectivity index (χ0) is 15.0. The monoisotopic (exact) mass is 324 g/mol. The highest BCUT2D eigenvalue weighted by Crippen LogP contribution is 2.29. The van der Waals surface area contributed by atoms with Gasteiger partial charge in [-0.25, -0.2) is 0 Å². The Morgan fingerprint density at radius 3 is 2.62 bits per heavy atom. The van der Waals surface area contributed by atoms with Gasteiger partial charge in [0.25, 0.3) is 5.91 Å². The van der Waals surface area contributed by atoms with Crippen LogP contribution in [-0.2, 0) is 0 Å². The third-order valence-electron chi connectivity index (χ3n) is 2.56. The molecule has 1 aromatic carbocycles. The van der Waals surface area contributed by atoms with Crippen LogP contribution in [0.2, 0.25) is 0 Å². The van der Waals surface area contributed by atoms with E-state index in [4.69, 9.17) is 10.5 Å². The number of methoxy groups -OCH3 is 1. The molecule has 0 atom stereocenters. The summed E-state index contributed by atoms with van der Waals surface area (Å²) < 4.78 is 33.7. The number of unbranched alkanes of at least 4 members (excludes halogenated alkanes) is 1. The number of carbonyl (C=O) groups excluding carboxylic acids is 1. The quantitative estimate of drug-likeness (QED) is 0.719. The van der Waals surface area contributed by atoms with Gasteiger partial charge in [0.1, 0.15) is 0 Å². The van der Waals surface area contributed by atoms with Gasteiger partial charge in [-0.15, -0.1) is 12.4 Å². The molecule has 0 fully saturated rings. The number of benzene rings is 1. The van der Waals surface area contributed by atoms with Crippen molar-refractivity contribution >= 4 is 18.3 Å². The minimum Gasteiger partial charge on any atom is -0.493 e. The topological polar surface area (TPSA) is 73.6 Å². The van der Waals surface area contributed by atoms with Gasteiger partial charge in [0, 0.05) is 12.1 Å². The number of nitrogens with one attached hydrogen (secondary N) is 1. The van der Waals surface area contributed by atoms with Crippen molar-refractivity contribution in [2.75, 3.05) is 20.2 Å². The lowest BCUT2D eigenvalue weighted by atomic mass is 10.2. The minimum absolute atomic E-state index is 0. The molecule has 0 aromatic heterocycles. The van der Waals surface area contributed by atoms with Crippen molar-refractivity contribution < 1.29 is 23.0 Å². The predicted octanol–water partition coefficient (Wildman–Crippen LogP) is 2.19. The van der Waals surface area contributed by atoms with Gasteiger partial charge in [-0.3, -0.25) is 4.79 Å². The van der Waals surface area contributed by atoms with E-state index in [0.717, 1.165) is 12.8 Å². The first-order valence-electron chi connectivity index (χ1n) is 6.19. The highest BCUT2D eigenvalue weighted by molar-refractivity contribution is 5.94. The van der Waals surface area contributed by atoms with Gasteiger partial charge in [0.15, 0.2) is 11.5 Å². The summed E-state index contributed by atoms with van der Waals surface area (Å²) >= 11 is 0. The van der Waals surface area contributed by atoms with E-state index >= 15 is 0 Å².